The third-order valence-corrected chi connectivity index (χ3v) is 2.42. The normalized spacial score (nSPS) is 12.1. The molecule has 1 rings (SSSR count). The Kier molecular flexibility index (Phi) is 7.66. The molecule has 0 radical (unpaired) electrons. The van der Waals surface area contributed by atoms with Gasteiger partial charge in [0.15, 0.2) is 6.61 Å². The van der Waals surface area contributed by atoms with E-state index in [0.717, 1.165) is 0 Å². The van der Waals surface area contributed by atoms with E-state index in [4.69, 9.17) is 0 Å². The summed E-state index contributed by atoms with van der Waals surface area (Å²) in [7, 11) is 1.50. The lowest BCUT2D eigenvalue weighted by atomic mass is 10.4. The highest BCUT2D eigenvalue weighted by molar-refractivity contribution is 5.35. The van der Waals surface area contributed by atoms with Gasteiger partial charge in [0.2, 0.25) is 11.9 Å². The number of hydrogen-bond donors (Lipinski definition) is 2. The molecule has 6 nitrogen and oxygen atoms in total. The molecule has 0 bridgehead atoms. The third-order valence-electron chi connectivity index (χ3n) is 2.42. The largest absolute Gasteiger partial charge is 0.457 e. The third kappa shape index (κ3) is 6.63. The van der Waals surface area contributed by atoms with Crippen molar-refractivity contribution < 1.29 is 22.3 Å². The minimum Gasteiger partial charge on any atom is -0.457 e. The number of aromatic nitrogens is 3. The van der Waals surface area contributed by atoms with E-state index in [2.05, 4.69) is 36.9 Å². The van der Waals surface area contributed by atoms with Crippen molar-refractivity contribution in [3.63, 3.8) is 0 Å². The fourth-order valence-electron chi connectivity index (χ4n) is 1.28. The van der Waals surface area contributed by atoms with E-state index in [-0.39, 0.29) is 11.9 Å². The van der Waals surface area contributed by atoms with Crippen LogP contribution in [0.3, 0.4) is 0 Å². The lowest BCUT2D eigenvalue weighted by Gasteiger charge is -2.15. The fraction of sp³-hybridized carbons (Fsp3) is 0.357. The van der Waals surface area contributed by atoms with Crippen LogP contribution in [0.25, 0.3) is 0 Å². The number of allylic oxidation sites excluding steroid dienone is 4. The second-order valence-electron chi connectivity index (χ2n) is 4.30. The van der Waals surface area contributed by atoms with Gasteiger partial charge in [0.25, 0.3) is 0 Å². The molecule has 1 aromatic rings. The van der Waals surface area contributed by atoms with Gasteiger partial charge in [0.05, 0.1) is 0 Å². The number of nitrogens with zero attached hydrogens (tertiary/aromatic N) is 3. The van der Waals surface area contributed by atoms with E-state index in [1.54, 1.807) is 30.4 Å². The molecule has 1 aromatic heterocycles. The van der Waals surface area contributed by atoms with Crippen molar-refractivity contribution in [3.8, 4) is 6.01 Å². The van der Waals surface area contributed by atoms with Gasteiger partial charge in [0.1, 0.15) is 0 Å². The molecule has 0 saturated heterocycles. The van der Waals surface area contributed by atoms with Gasteiger partial charge in [-0.1, -0.05) is 37.0 Å². The predicted octanol–water partition coefficient (Wildman–Crippen LogP) is 2.90. The number of alkyl halides is 4. The summed E-state index contributed by atoms with van der Waals surface area (Å²) in [5.41, 5.74) is 0. The average molecular weight is 347 g/mol. The number of rotatable bonds is 10. The van der Waals surface area contributed by atoms with Crippen LogP contribution in [-0.2, 0) is 0 Å². The molecule has 10 heteroatoms. The van der Waals surface area contributed by atoms with Crippen LogP contribution in [0.2, 0.25) is 0 Å². The monoisotopic (exact) mass is 347 g/mol. The zero-order chi connectivity index (χ0) is 18.0. The van der Waals surface area contributed by atoms with Crippen molar-refractivity contribution in [2.24, 2.45) is 0 Å². The standard InChI is InChI=1S/C14H17F4N5O/c1-3-4-5-6-7-8-20-12-21-11(19-2)22-13(23-12)24-9-14(17,18)10(15)16/h3-7,10H,1,8-9H2,2H3,(H2,19,20,21,22,23)/b5-4-,7-6-. The predicted molar refractivity (Wildman–Crippen MR) is 82.8 cm³/mol. The van der Waals surface area contributed by atoms with Crippen LogP contribution in [0.1, 0.15) is 0 Å². The second kappa shape index (κ2) is 9.48. The smallest absolute Gasteiger partial charge is 0.340 e. The van der Waals surface area contributed by atoms with Crippen molar-refractivity contribution >= 4 is 11.9 Å². The van der Waals surface area contributed by atoms with Crippen LogP contribution in [-0.4, -0.2) is 47.5 Å². The molecule has 132 valence electrons. The Hall–Kier alpha value is -2.65. The first kappa shape index (κ1) is 19.4. The Morgan fingerprint density at radius 2 is 1.88 bits per heavy atom. The molecule has 0 spiro atoms. The van der Waals surface area contributed by atoms with Crippen LogP contribution in [0.15, 0.2) is 37.0 Å². The number of anilines is 2. The topological polar surface area (TPSA) is 72.0 Å². The van der Waals surface area contributed by atoms with Crippen molar-refractivity contribution in [1.29, 1.82) is 0 Å². The summed E-state index contributed by atoms with van der Waals surface area (Å²) >= 11 is 0. The Morgan fingerprint density at radius 1 is 1.17 bits per heavy atom. The molecular weight excluding hydrogens is 330 g/mol. The first-order valence-corrected chi connectivity index (χ1v) is 6.79. The number of nitrogens with one attached hydrogen (secondary N) is 2. The highest BCUT2D eigenvalue weighted by Gasteiger charge is 2.42. The second-order valence-corrected chi connectivity index (χ2v) is 4.30. The zero-order valence-electron chi connectivity index (χ0n) is 12.8. The summed E-state index contributed by atoms with van der Waals surface area (Å²) in [6.07, 6.45) is 4.75. The molecule has 0 fully saturated rings. The van der Waals surface area contributed by atoms with Crippen LogP contribution in [0.5, 0.6) is 6.01 Å². The average Bonchev–Trinajstić information content (AvgIpc) is 2.56. The lowest BCUT2D eigenvalue weighted by Crippen LogP contribution is -2.34. The summed E-state index contributed by atoms with van der Waals surface area (Å²) in [5, 5.41) is 5.38. The molecular formula is C14H17F4N5O. The quantitative estimate of drug-likeness (QED) is 0.501. The van der Waals surface area contributed by atoms with Gasteiger partial charge < -0.3 is 15.4 Å². The van der Waals surface area contributed by atoms with Crippen molar-refractivity contribution in [3.05, 3.63) is 37.0 Å². The molecule has 0 aliphatic carbocycles. The van der Waals surface area contributed by atoms with Gasteiger partial charge in [-0.05, 0) is 0 Å². The van der Waals surface area contributed by atoms with Crippen LogP contribution in [0, 0.1) is 0 Å². The molecule has 0 amide bonds. The van der Waals surface area contributed by atoms with E-state index in [9.17, 15) is 17.6 Å². The molecule has 1 heterocycles. The maximum absolute atomic E-state index is 12.9. The molecule has 0 saturated carbocycles. The summed E-state index contributed by atoms with van der Waals surface area (Å²) in [5.74, 6) is -4.21. The zero-order valence-corrected chi connectivity index (χ0v) is 12.8. The van der Waals surface area contributed by atoms with E-state index < -0.39 is 25.0 Å². The molecule has 0 atom stereocenters. The van der Waals surface area contributed by atoms with Gasteiger partial charge in [-0.3, -0.25) is 0 Å². The van der Waals surface area contributed by atoms with Crippen molar-refractivity contribution in [2.45, 2.75) is 12.3 Å². The van der Waals surface area contributed by atoms with Crippen LogP contribution < -0.4 is 15.4 Å². The van der Waals surface area contributed by atoms with E-state index in [1.807, 2.05) is 0 Å². The molecule has 0 unspecified atom stereocenters. The van der Waals surface area contributed by atoms with Crippen molar-refractivity contribution in [2.75, 3.05) is 30.8 Å². The summed E-state index contributed by atoms with van der Waals surface area (Å²) in [4.78, 5) is 11.3. The van der Waals surface area contributed by atoms with Crippen molar-refractivity contribution in [1.82, 2.24) is 15.0 Å². The lowest BCUT2D eigenvalue weighted by molar-refractivity contribution is -0.149. The maximum atomic E-state index is 12.9. The van der Waals surface area contributed by atoms with E-state index >= 15 is 0 Å². The van der Waals surface area contributed by atoms with Gasteiger partial charge in [-0.15, -0.1) is 0 Å². The molecule has 0 aliphatic rings. The Bertz CT molecular complexity index is 593. The number of hydrogen-bond acceptors (Lipinski definition) is 6. The molecule has 2 N–H and O–H groups in total. The Morgan fingerprint density at radius 3 is 2.50 bits per heavy atom. The molecule has 0 aliphatic heterocycles. The van der Waals surface area contributed by atoms with Crippen LogP contribution in [0.4, 0.5) is 29.5 Å². The summed E-state index contributed by atoms with van der Waals surface area (Å²) < 4.78 is 54.5. The first-order valence-electron chi connectivity index (χ1n) is 6.79. The SMILES string of the molecule is C=C/C=C\C=C/CNc1nc(NC)nc(OCC(F)(F)C(F)F)n1. The minimum absolute atomic E-state index is 0.0402. The summed E-state index contributed by atoms with van der Waals surface area (Å²) in [6, 6.07) is -0.493. The Balaban J connectivity index is 2.72. The van der Waals surface area contributed by atoms with E-state index in [1.165, 1.54) is 7.05 Å². The highest BCUT2D eigenvalue weighted by atomic mass is 19.3. The maximum Gasteiger partial charge on any atom is 0.340 e. The fourth-order valence-corrected chi connectivity index (χ4v) is 1.28. The Labute approximate surface area is 136 Å². The van der Waals surface area contributed by atoms with Crippen LogP contribution >= 0.6 is 0 Å². The first-order chi connectivity index (χ1) is 11.4. The number of halogens is 4. The van der Waals surface area contributed by atoms with Gasteiger partial charge in [-0.25, -0.2) is 8.78 Å². The molecule has 24 heavy (non-hydrogen) atoms. The molecule has 0 aromatic carbocycles. The highest BCUT2D eigenvalue weighted by Crippen LogP contribution is 2.23. The van der Waals surface area contributed by atoms with Gasteiger partial charge >= 0.3 is 18.4 Å². The van der Waals surface area contributed by atoms with Gasteiger partial charge in [0, 0.05) is 13.6 Å². The van der Waals surface area contributed by atoms with Gasteiger partial charge in [-0.2, -0.15) is 23.7 Å². The van der Waals surface area contributed by atoms with E-state index in [0.29, 0.717) is 6.54 Å². The minimum atomic E-state index is -4.29. The number of ether oxygens (including phenoxy) is 1. The summed E-state index contributed by atoms with van der Waals surface area (Å²) in [6.45, 7) is 2.31.